The third kappa shape index (κ3) is 4.58. The summed E-state index contributed by atoms with van der Waals surface area (Å²) >= 11 is 0. The number of carbonyl (C=O) groups is 1. The second kappa shape index (κ2) is 5.98. The fourth-order valence-electron chi connectivity index (χ4n) is 1.45. The normalized spacial score (nSPS) is 21.5. The van der Waals surface area contributed by atoms with Crippen molar-refractivity contribution in [3.63, 3.8) is 0 Å². The second-order valence-corrected chi connectivity index (χ2v) is 4.27. The van der Waals surface area contributed by atoms with Gasteiger partial charge >= 0.3 is 0 Å². The zero-order chi connectivity index (χ0) is 10.4. The molecule has 0 radical (unpaired) electrons. The molecule has 0 aromatic heterocycles. The van der Waals surface area contributed by atoms with E-state index < -0.39 is 0 Å². The molecule has 1 rings (SSSR count). The molecule has 1 aliphatic rings. The first kappa shape index (κ1) is 11.5. The van der Waals surface area contributed by atoms with Crippen molar-refractivity contribution < 1.29 is 4.79 Å². The average Bonchev–Trinajstić information content (AvgIpc) is 2.63. The molecule has 4 heteroatoms. The van der Waals surface area contributed by atoms with Gasteiger partial charge in [0.2, 0.25) is 5.91 Å². The number of nitrogens with one attached hydrogen (secondary N) is 3. The second-order valence-electron chi connectivity index (χ2n) is 4.27. The minimum Gasteiger partial charge on any atom is -0.355 e. The molecule has 0 aromatic carbocycles. The molecule has 0 aliphatic carbocycles. The zero-order valence-electron chi connectivity index (χ0n) is 9.10. The fraction of sp³-hybridized carbons (Fsp3) is 0.900. The van der Waals surface area contributed by atoms with E-state index in [1.807, 2.05) is 0 Å². The average molecular weight is 199 g/mol. The summed E-state index contributed by atoms with van der Waals surface area (Å²) < 4.78 is 0. The minimum atomic E-state index is 0.102. The van der Waals surface area contributed by atoms with E-state index >= 15 is 0 Å². The van der Waals surface area contributed by atoms with Crippen LogP contribution in [0, 0.1) is 5.92 Å². The summed E-state index contributed by atoms with van der Waals surface area (Å²) in [5, 5.41) is 9.37. The van der Waals surface area contributed by atoms with Crippen LogP contribution in [0.1, 0.15) is 20.3 Å². The molecule has 0 bridgehead atoms. The van der Waals surface area contributed by atoms with Crippen LogP contribution < -0.4 is 16.0 Å². The molecular formula is C10H21N3O. The van der Waals surface area contributed by atoms with Gasteiger partial charge in [-0.2, -0.15) is 0 Å². The van der Waals surface area contributed by atoms with Crippen LogP contribution in [0.15, 0.2) is 0 Å². The van der Waals surface area contributed by atoms with E-state index in [9.17, 15) is 4.79 Å². The van der Waals surface area contributed by atoms with Crippen LogP contribution >= 0.6 is 0 Å². The lowest BCUT2D eigenvalue weighted by Crippen LogP contribution is -2.41. The van der Waals surface area contributed by atoms with Gasteiger partial charge < -0.3 is 16.0 Å². The van der Waals surface area contributed by atoms with Gasteiger partial charge in [0.15, 0.2) is 0 Å². The van der Waals surface area contributed by atoms with E-state index in [0.717, 1.165) is 26.1 Å². The van der Waals surface area contributed by atoms with E-state index in [-0.39, 0.29) is 5.91 Å². The minimum absolute atomic E-state index is 0.102. The molecule has 3 N–H and O–H groups in total. The molecule has 0 spiro atoms. The highest BCUT2D eigenvalue weighted by atomic mass is 16.1. The highest BCUT2D eigenvalue weighted by Gasteiger charge is 2.14. The molecule has 14 heavy (non-hydrogen) atoms. The zero-order valence-corrected chi connectivity index (χ0v) is 9.10. The first-order valence-corrected chi connectivity index (χ1v) is 5.39. The first-order chi connectivity index (χ1) is 6.68. The predicted molar refractivity (Wildman–Crippen MR) is 57.1 cm³/mol. The number of hydrogen-bond acceptors (Lipinski definition) is 3. The van der Waals surface area contributed by atoms with E-state index in [2.05, 4.69) is 29.8 Å². The number of amides is 1. The standard InChI is InChI=1S/C10H21N3O/c1-8(2)5-13-10(14)7-12-9-3-4-11-6-9/h8-9,11-12H,3-7H2,1-2H3,(H,13,14). The summed E-state index contributed by atoms with van der Waals surface area (Å²) in [6.07, 6.45) is 1.12. The van der Waals surface area contributed by atoms with E-state index in [1.165, 1.54) is 0 Å². The Hall–Kier alpha value is -0.610. The van der Waals surface area contributed by atoms with Gasteiger partial charge in [0, 0.05) is 19.1 Å². The molecule has 0 aromatic rings. The van der Waals surface area contributed by atoms with Crippen molar-refractivity contribution in [2.45, 2.75) is 26.3 Å². The smallest absolute Gasteiger partial charge is 0.233 e. The fourth-order valence-corrected chi connectivity index (χ4v) is 1.45. The molecule has 1 saturated heterocycles. The van der Waals surface area contributed by atoms with Gasteiger partial charge in [-0.1, -0.05) is 13.8 Å². The van der Waals surface area contributed by atoms with Gasteiger partial charge in [0.05, 0.1) is 6.54 Å². The number of carbonyl (C=O) groups excluding carboxylic acids is 1. The predicted octanol–water partition coefficient (Wildman–Crippen LogP) is -0.290. The van der Waals surface area contributed by atoms with Crippen molar-refractivity contribution in [3.05, 3.63) is 0 Å². The molecule has 1 amide bonds. The monoisotopic (exact) mass is 199 g/mol. The molecule has 1 unspecified atom stereocenters. The number of rotatable bonds is 5. The molecule has 82 valence electrons. The molecule has 0 saturated carbocycles. The summed E-state index contributed by atoms with van der Waals surface area (Å²) in [5.74, 6) is 0.623. The van der Waals surface area contributed by atoms with Gasteiger partial charge in [0.1, 0.15) is 0 Å². The Morgan fingerprint density at radius 3 is 2.93 bits per heavy atom. The van der Waals surface area contributed by atoms with Gasteiger partial charge in [0.25, 0.3) is 0 Å². The Kier molecular flexibility index (Phi) is 4.90. The van der Waals surface area contributed by atoms with Crippen LogP contribution in [0.5, 0.6) is 0 Å². The molecule has 4 nitrogen and oxygen atoms in total. The maximum absolute atomic E-state index is 11.3. The summed E-state index contributed by atoms with van der Waals surface area (Å²) in [6, 6.07) is 0.472. The Morgan fingerprint density at radius 1 is 1.57 bits per heavy atom. The Labute approximate surface area is 85.8 Å². The van der Waals surface area contributed by atoms with Gasteiger partial charge in [-0.3, -0.25) is 4.79 Å². The van der Waals surface area contributed by atoms with Crippen LogP contribution in [0.2, 0.25) is 0 Å². The van der Waals surface area contributed by atoms with Crippen LogP contribution in [0.25, 0.3) is 0 Å². The quantitative estimate of drug-likeness (QED) is 0.570. The van der Waals surface area contributed by atoms with Crippen molar-refractivity contribution in [2.24, 2.45) is 5.92 Å². The Balaban J connectivity index is 2.02. The van der Waals surface area contributed by atoms with Crippen LogP contribution in [-0.4, -0.2) is 38.1 Å². The van der Waals surface area contributed by atoms with Crippen molar-refractivity contribution in [2.75, 3.05) is 26.2 Å². The first-order valence-electron chi connectivity index (χ1n) is 5.39. The van der Waals surface area contributed by atoms with Gasteiger partial charge in [-0.05, 0) is 18.9 Å². The molecule has 1 heterocycles. The largest absolute Gasteiger partial charge is 0.355 e. The van der Waals surface area contributed by atoms with Crippen molar-refractivity contribution in [1.82, 2.24) is 16.0 Å². The van der Waals surface area contributed by atoms with Gasteiger partial charge in [-0.25, -0.2) is 0 Å². The van der Waals surface area contributed by atoms with E-state index in [4.69, 9.17) is 0 Å². The lowest BCUT2D eigenvalue weighted by Gasteiger charge is -2.12. The summed E-state index contributed by atoms with van der Waals surface area (Å²) in [7, 11) is 0. The summed E-state index contributed by atoms with van der Waals surface area (Å²) in [6.45, 7) is 7.44. The van der Waals surface area contributed by atoms with E-state index in [1.54, 1.807) is 0 Å². The van der Waals surface area contributed by atoms with Gasteiger partial charge in [-0.15, -0.1) is 0 Å². The highest BCUT2D eigenvalue weighted by molar-refractivity contribution is 5.77. The maximum atomic E-state index is 11.3. The third-order valence-electron chi connectivity index (χ3n) is 2.32. The van der Waals surface area contributed by atoms with Crippen molar-refractivity contribution in [1.29, 1.82) is 0 Å². The van der Waals surface area contributed by atoms with Crippen molar-refractivity contribution in [3.8, 4) is 0 Å². The Bertz CT molecular complexity index is 176. The molecule has 1 aliphatic heterocycles. The highest BCUT2D eigenvalue weighted by Crippen LogP contribution is 1.95. The van der Waals surface area contributed by atoms with E-state index in [0.29, 0.717) is 18.5 Å². The number of hydrogen-bond donors (Lipinski definition) is 3. The lowest BCUT2D eigenvalue weighted by molar-refractivity contribution is -0.120. The maximum Gasteiger partial charge on any atom is 0.233 e. The molecule has 1 fully saturated rings. The molecule has 1 atom stereocenters. The topological polar surface area (TPSA) is 53.2 Å². The van der Waals surface area contributed by atoms with Crippen LogP contribution in [0.3, 0.4) is 0 Å². The molecular weight excluding hydrogens is 178 g/mol. The lowest BCUT2D eigenvalue weighted by atomic mass is 10.2. The summed E-state index contributed by atoms with van der Waals surface area (Å²) in [4.78, 5) is 11.3. The third-order valence-corrected chi connectivity index (χ3v) is 2.32. The van der Waals surface area contributed by atoms with Crippen LogP contribution in [0.4, 0.5) is 0 Å². The summed E-state index contributed by atoms with van der Waals surface area (Å²) in [5.41, 5.74) is 0. The SMILES string of the molecule is CC(C)CNC(=O)CNC1CCNC1. The van der Waals surface area contributed by atoms with Crippen LogP contribution in [-0.2, 0) is 4.79 Å². The van der Waals surface area contributed by atoms with Crippen molar-refractivity contribution >= 4 is 5.91 Å². The Morgan fingerprint density at radius 2 is 2.36 bits per heavy atom.